The van der Waals surface area contributed by atoms with Crippen LogP contribution in [-0.2, 0) is 11.3 Å². The lowest BCUT2D eigenvalue weighted by Gasteiger charge is -2.36. The molecule has 0 spiro atoms. The van der Waals surface area contributed by atoms with Gasteiger partial charge >= 0.3 is 0 Å². The highest BCUT2D eigenvalue weighted by Crippen LogP contribution is 2.29. The summed E-state index contributed by atoms with van der Waals surface area (Å²) in [6.07, 6.45) is 2.83. The standard InChI is InChI=1S/C16H20N2O2/c1-2-13-11-20-8-7-18(13)16-15-6-4-3-5-14(15)12(10-19)9-17-16/h3-6,9,13,19H,2,7-8,10-11H2,1H3. The van der Waals surface area contributed by atoms with Gasteiger partial charge in [-0.15, -0.1) is 0 Å². The number of ether oxygens (including phenoxy) is 1. The molecule has 0 saturated carbocycles. The predicted molar refractivity (Wildman–Crippen MR) is 79.9 cm³/mol. The minimum absolute atomic E-state index is 0.0219. The Morgan fingerprint density at radius 2 is 2.15 bits per heavy atom. The van der Waals surface area contributed by atoms with Gasteiger partial charge in [0.25, 0.3) is 0 Å². The van der Waals surface area contributed by atoms with Gasteiger partial charge in [0.2, 0.25) is 0 Å². The van der Waals surface area contributed by atoms with Crippen molar-refractivity contribution >= 4 is 16.6 Å². The summed E-state index contributed by atoms with van der Waals surface area (Å²) >= 11 is 0. The van der Waals surface area contributed by atoms with E-state index >= 15 is 0 Å². The summed E-state index contributed by atoms with van der Waals surface area (Å²) in [6.45, 7) is 4.57. The van der Waals surface area contributed by atoms with Crippen LogP contribution in [0, 0.1) is 0 Å². The third-order valence-corrected chi connectivity index (χ3v) is 4.00. The average molecular weight is 272 g/mol. The number of hydrogen-bond acceptors (Lipinski definition) is 4. The average Bonchev–Trinajstić information content (AvgIpc) is 2.53. The van der Waals surface area contributed by atoms with Gasteiger partial charge in [-0.05, 0) is 11.8 Å². The van der Waals surface area contributed by atoms with E-state index in [9.17, 15) is 5.11 Å². The largest absolute Gasteiger partial charge is 0.392 e. The van der Waals surface area contributed by atoms with Crippen LogP contribution in [0.5, 0.6) is 0 Å². The van der Waals surface area contributed by atoms with Gasteiger partial charge in [-0.3, -0.25) is 0 Å². The fourth-order valence-corrected chi connectivity index (χ4v) is 2.86. The van der Waals surface area contributed by atoms with Gasteiger partial charge in [0.05, 0.1) is 25.9 Å². The highest BCUT2D eigenvalue weighted by Gasteiger charge is 2.24. The molecule has 0 radical (unpaired) electrons. The Bertz CT molecular complexity index is 600. The number of pyridine rings is 1. The summed E-state index contributed by atoms with van der Waals surface area (Å²) in [6, 6.07) is 8.53. The summed E-state index contributed by atoms with van der Waals surface area (Å²) in [5.74, 6) is 1.01. The van der Waals surface area contributed by atoms with E-state index in [1.165, 1.54) is 0 Å². The molecule has 1 unspecified atom stereocenters. The van der Waals surface area contributed by atoms with Crippen LogP contribution in [0.1, 0.15) is 18.9 Å². The number of aliphatic hydroxyl groups excluding tert-OH is 1. The SMILES string of the molecule is CCC1COCCN1c1ncc(CO)c2ccccc12. The highest BCUT2D eigenvalue weighted by atomic mass is 16.5. The van der Waals surface area contributed by atoms with Gasteiger partial charge in [-0.1, -0.05) is 31.2 Å². The number of anilines is 1. The van der Waals surface area contributed by atoms with E-state index < -0.39 is 0 Å². The van der Waals surface area contributed by atoms with Crippen LogP contribution in [0.15, 0.2) is 30.5 Å². The van der Waals surface area contributed by atoms with Crippen molar-refractivity contribution in [2.24, 2.45) is 0 Å². The number of hydrogen-bond donors (Lipinski definition) is 1. The molecule has 0 amide bonds. The molecule has 20 heavy (non-hydrogen) atoms. The minimum Gasteiger partial charge on any atom is -0.392 e. The molecule has 106 valence electrons. The first kappa shape index (κ1) is 13.3. The Morgan fingerprint density at radius 1 is 1.35 bits per heavy atom. The molecule has 1 aromatic carbocycles. The lowest BCUT2D eigenvalue weighted by atomic mass is 10.1. The summed E-state index contributed by atoms with van der Waals surface area (Å²) in [7, 11) is 0. The molecule has 1 aliphatic heterocycles. The molecule has 1 fully saturated rings. The Labute approximate surface area is 119 Å². The zero-order valence-electron chi connectivity index (χ0n) is 11.7. The van der Waals surface area contributed by atoms with Crippen LogP contribution in [-0.4, -0.2) is 35.9 Å². The van der Waals surface area contributed by atoms with Crippen molar-refractivity contribution in [3.8, 4) is 0 Å². The normalized spacial score (nSPS) is 19.5. The zero-order chi connectivity index (χ0) is 13.9. The summed E-state index contributed by atoms with van der Waals surface area (Å²) < 4.78 is 5.57. The molecule has 4 heteroatoms. The summed E-state index contributed by atoms with van der Waals surface area (Å²) in [4.78, 5) is 6.95. The highest BCUT2D eigenvalue weighted by molar-refractivity contribution is 5.94. The lowest BCUT2D eigenvalue weighted by Crippen LogP contribution is -2.45. The van der Waals surface area contributed by atoms with Crippen molar-refractivity contribution in [2.45, 2.75) is 26.0 Å². The molecular weight excluding hydrogens is 252 g/mol. The van der Waals surface area contributed by atoms with Gasteiger partial charge in [-0.2, -0.15) is 0 Å². The zero-order valence-corrected chi connectivity index (χ0v) is 11.7. The van der Waals surface area contributed by atoms with E-state index in [4.69, 9.17) is 4.74 Å². The number of benzene rings is 1. The Hall–Kier alpha value is -1.65. The fourth-order valence-electron chi connectivity index (χ4n) is 2.86. The summed E-state index contributed by atoms with van der Waals surface area (Å²) in [5, 5.41) is 11.7. The van der Waals surface area contributed by atoms with Crippen LogP contribution in [0.4, 0.5) is 5.82 Å². The molecule has 1 aromatic heterocycles. The maximum Gasteiger partial charge on any atom is 0.136 e. The van der Waals surface area contributed by atoms with E-state index in [1.807, 2.05) is 18.2 Å². The molecule has 4 nitrogen and oxygen atoms in total. The van der Waals surface area contributed by atoms with Crippen LogP contribution in [0.2, 0.25) is 0 Å². The first-order valence-corrected chi connectivity index (χ1v) is 7.17. The lowest BCUT2D eigenvalue weighted by molar-refractivity contribution is 0.0927. The number of fused-ring (bicyclic) bond motifs is 1. The number of nitrogens with zero attached hydrogens (tertiary/aromatic N) is 2. The van der Waals surface area contributed by atoms with Crippen LogP contribution >= 0.6 is 0 Å². The molecule has 2 heterocycles. The predicted octanol–water partition coefficient (Wildman–Crippen LogP) is 2.34. The second-order valence-electron chi connectivity index (χ2n) is 5.14. The van der Waals surface area contributed by atoms with Crippen molar-refractivity contribution in [1.29, 1.82) is 0 Å². The van der Waals surface area contributed by atoms with E-state index in [0.717, 1.165) is 48.3 Å². The van der Waals surface area contributed by atoms with E-state index in [-0.39, 0.29) is 6.61 Å². The second-order valence-corrected chi connectivity index (χ2v) is 5.14. The van der Waals surface area contributed by atoms with Crippen LogP contribution in [0.25, 0.3) is 10.8 Å². The Kier molecular flexibility index (Phi) is 3.85. The minimum atomic E-state index is 0.0219. The van der Waals surface area contributed by atoms with Gasteiger partial charge < -0.3 is 14.7 Å². The maximum absolute atomic E-state index is 9.46. The molecular formula is C16H20N2O2. The first-order chi connectivity index (χ1) is 9.85. The number of aliphatic hydroxyl groups is 1. The third-order valence-electron chi connectivity index (χ3n) is 4.00. The summed E-state index contributed by atoms with van der Waals surface area (Å²) in [5.41, 5.74) is 0.880. The number of aromatic nitrogens is 1. The van der Waals surface area contributed by atoms with E-state index in [2.05, 4.69) is 22.9 Å². The van der Waals surface area contributed by atoms with Crippen molar-refractivity contribution in [3.05, 3.63) is 36.0 Å². The van der Waals surface area contributed by atoms with Crippen molar-refractivity contribution in [1.82, 2.24) is 4.98 Å². The molecule has 1 N–H and O–H groups in total. The van der Waals surface area contributed by atoms with Gasteiger partial charge in [0.15, 0.2) is 0 Å². The molecule has 1 aliphatic rings. The topological polar surface area (TPSA) is 45.6 Å². The van der Waals surface area contributed by atoms with E-state index in [1.54, 1.807) is 6.20 Å². The molecule has 2 aromatic rings. The monoisotopic (exact) mass is 272 g/mol. The molecule has 3 rings (SSSR count). The molecule has 0 aliphatic carbocycles. The first-order valence-electron chi connectivity index (χ1n) is 7.17. The van der Waals surface area contributed by atoms with Crippen LogP contribution in [0.3, 0.4) is 0 Å². The maximum atomic E-state index is 9.46. The molecule has 1 saturated heterocycles. The van der Waals surface area contributed by atoms with Gasteiger partial charge in [0.1, 0.15) is 5.82 Å². The third kappa shape index (κ3) is 2.25. The van der Waals surface area contributed by atoms with Crippen LogP contribution < -0.4 is 4.90 Å². The smallest absolute Gasteiger partial charge is 0.136 e. The van der Waals surface area contributed by atoms with E-state index in [0.29, 0.717) is 6.04 Å². The number of rotatable bonds is 3. The molecule has 1 atom stereocenters. The quantitative estimate of drug-likeness (QED) is 0.931. The Balaban J connectivity index is 2.11. The Morgan fingerprint density at radius 3 is 2.90 bits per heavy atom. The van der Waals surface area contributed by atoms with Crippen molar-refractivity contribution in [2.75, 3.05) is 24.7 Å². The van der Waals surface area contributed by atoms with Crippen molar-refractivity contribution in [3.63, 3.8) is 0 Å². The van der Waals surface area contributed by atoms with Crippen molar-refractivity contribution < 1.29 is 9.84 Å². The molecule has 0 bridgehead atoms. The van der Waals surface area contributed by atoms with Gasteiger partial charge in [0, 0.05) is 23.7 Å². The number of morpholine rings is 1. The second kappa shape index (κ2) is 5.77. The van der Waals surface area contributed by atoms with Gasteiger partial charge in [-0.25, -0.2) is 4.98 Å². The fraction of sp³-hybridized carbons (Fsp3) is 0.438.